The zero-order valence-corrected chi connectivity index (χ0v) is 24.7. The molecule has 1 aromatic carbocycles. The first-order valence-electron chi connectivity index (χ1n) is 12.3. The molecule has 12 heteroatoms. The second-order valence-corrected chi connectivity index (χ2v) is 11.2. The number of ketones is 1. The standard InChI is InChI=1S/C21H26F2N5O2P.C5H12.CH3NO/c1-13-20(28(25)12-19(24)14(2)29)9-16(11-26-13)15-7-17(21(22,23)31)10-18(8-15)27-3-5-30-6-4-27;1-5(2,3)4;2-1-3/h7-12H,3-6,24-25,31H2,1-2H3;1-4H3;1H,(H2,2,3)/b19-12-;;. The number of morpholine rings is 1. The number of nitrogens with zero attached hydrogens (tertiary/aromatic N) is 3. The Bertz CT molecular complexity index is 1140. The number of carbonyl (C=O) groups excluding carboxylic acids is 2. The van der Waals surface area contributed by atoms with Crippen molar-refractivity contribution in [1.82, 2.24) is 4.98 Å². The normalized spacial score (nSPS) is 13.9. The molecular weight excluding hydrogens is 525 g/mol. The Hall–Kier alpha value is -3.14. The molecule has 39 heavy (non-hydrogen) atoms. The number of hydrogen-bond acceptors (Lipinski definition) is 8. The number of benzene rings is 1. The summed E-state index contributed by atoms with van der Waals surface area (Å²) >= 11 is 0. The van der Waals surface area contributed by atoms with E-state index in [0.717, 1.165) is 0 Å². The number of rotatable bonds is 6. The Morgan fingerprint density at radius 2 is 1.67 bits per heavy atom. The van der Waals surface area contributed by atoms with Gasteiger partial charge in [-0.2, -0.15) is 8.78 Å². The molecule has 1 aromatic heterocycles. The van der Waals surface area contributed by atoms with E-state index in [-0.39, 0.29) is 23.5 Å². The van der Waals surface area contributed by atoms with Crippen molar-refractivity contribution in [2.75, 3.05) is 36.2 Å². The molecular formula is C27H41F2N6O3P. The number of amides is 1. The predicted octanol–water partition coefficient (Wildman–Crippen LogP) is 4.04. The van der Waals surface area contributed by atoms with Crippen LogP contribution in [-0.2, 0) is 20.0 Å². The average Bonchev–Trinajstić information content (AvgIpc) is 2.83. The zero-order valence-electron chi connectivity index (χ0n) is 23.5. The summed E-state index contributed by atoms with van der Waals surface area (Å²) in [5, 5.41) is 1.21. The van der Waals surface area contributed by atoms with Crippen molar-refractivity contribution >= 4 is 32.8 Å². The lowest BCUT2D eigenvalue weighted by molar-refractivity contribution is -0.113. The molecule has 1 unspecified atom stereocenters. The SMILES string of the molecule is CC(=O)/C(N)=C/N(N)c1cc(-c2cc(N3CCOCC3)cc(C(F)(F)P)c2)cnc1C.CC(C)(C)C.NC=O. The Morgan fingerprint density at radius 1 is 1.13 bits per heavy atom. The first kappa shape index (κ1) is 33.9. The van der Waals surface area contributed by atoms with E-state index < -0.39 is 5.66 Å². The molecule has 1 saturated heterocycles. The number of aryl methyl sites for hydroxylation is 1. The molecule has 1 amide bonds. The number of hydrazine groups is 1. The molecule has 1 atom stereocenters. The van der Waals surface area contributed by atoms with Crippen LogP contribution in [0, 0.1) is 12.3 Å². The summed E-state index contributed by atoms with van der Waals surface area (Å²) < 4.78 is 33.8. The number of ether oxygens (including phenoxy) is 1. The second-order valence-electron chi connectivity index (χ2n) is 10.5. The summed E-state index contributed by atoms with van der Waals surface area (Å²) in [5.74, 6) is 5.75. The van der Waals surface area contributed by atoms with Crippen LogP contribution in [0.1, 0.15) is 45.9 Å². The van der Waals surface area contributed by atoms with Crippen LogP contribution in [0.4, 0.5) is 20.2 Å². The van der Waals surface area contributed by atoms with Crippen molar-refractivity contribution in [3.8, 4) is 11.1 Å². The van der Waals surface area contributed by atoms with Crippen LogP contribution in [0.3, 0.4) is 0 Å². The van der Waals surface area contributed by atoms with E-state index in [2.05, 4.69) is 38.4 Å². The van der Waals surface area contributed by atoms with Gasteiger partial charge >= 0.3 is 0 Å². The van der Waals surface area contributed by atoms with Crippen molar-refractivity contribution in [1.29, 1.82) is 0 Å². The van der Waals surface area contributed by atoms with E-state index in [4.69, 9.17) is 21.1 Å². The number of aromatic nitrogens is 1. The summed E-state index contributed by atoms with van der Waals surface area (Å²) in [6.07, 6.45) is 3.16. The summed E-state index contributed by atoms with van der Waals surface area (Å²) in [7, 11) is 1.59. The fourth-order valence-electron chi connectivity index (χ4n) is 3.23. The van der Waals surface area contributed by atoms with Gasteiger partial charge in [0.1, 0.15) is 0 Å². The molecule has 1 aliphatic rings. The largest absolute Gasteiger partial charge is 0.395 e. The lowest BCUT2D eigenvalue weighted by atomic mass is 10.0. The lowest BCUT2D eigenvalue weighted by Crippen LogP contribution is -2.36. The number of Topliss-reactive ketones (excluding diaryl/α,β-unsaturated/α-hetero) is 1. The molecule has 3 rings (SSSR count). The van der Waals surface area contributed by atoms with Crippen LogP contribution in [-0.4, -0.2) is 43.5 Å². The third-order valence-corrected chi connectivity index (χ3v) is 5.37. The molecule has 0 radical (unpaired) electrons. The highest BCUT2D eigenvalue weighted by Crippen LogP contribution is 2.40. The number of nitrogens with two attached hydrogens (primary N) is 3. The highest BCUT2D eigenvalue weighted by molar-refractivity contribution is 7.17. The lowest BCUT2D eigenvalue weighted by Gasteiger charge is -2.30. The van der Waals surface area contributed by atoms with E-state index in [1.54, 1.807) is 28.4 Å². The molecule has 1 fully saturated rings. The Morgan fingerprint density at radius 3 is 2.15 bits per heavy atom. The Balaban J connectivity index is 0.000000838. The van der Waals surface area contributed by atoms with E-state index in [1.165, 1.54) is 30.3 Å². The molecule has 0 aliphatic carbocycles. The number of carbonyl (C=O) groups is 2. The van der Waals surface area contributed by atoms with E-state index >= 15 is 0 Å². The minimum absolute atomic E-state index is 0.00782. The molecule has 0 spiro atoms. The Kier molecular flexibility index (Phi) is 12.9. The van der Waals surface area contributed by atoms with Crippen LogP contribution in [0.25, 0.3) is 11.1 Å². The predicted molar refractivity (Wildman–Crippen MR) is 156 cm³/mol. The maximum atomic E-state index is 14.2. The maximum absolute atomic E-state index is 14.2. The fraction of sp³-hybridized carbons (Fsp3) is 0.444. The van der Waals surface area contributed by atoms with Gasteiger partial charge in [-0.1, -0.05) is 36.9 Å². The van der Waals surface area contributed by atoms with Gasteiger partial charge in [0, 0.05) is 49.2 Å². The van der Waals surface area contributed by atoms with Gasteiger partial charge in [-0.3, -0.25) is 19.6 Å². The number of hydrogen-bond donors (Lipinski definition) is 3. The quantitative estimate of drug-likeness (QED) is 0.156. The monoisotopic (exact) mass is 566 g/mol. The van der Waals surface area contributed by atoms with Crippen molar-refractivity contribution in [2.45, 2.75) is 47.2 Å². The zero-order chi connectivity index (χ0) is 30.0. The van der Waals surface area contributed by atoms with Crippen LogP contribution in [0.5, 0.6) is 0 Å². The smallest absolute Gasteiger partial charge is 0.283 e. The van der Waals surface area contributed by atoms with Gasteiger partial charge < -0.3 is 21.1 Å². The second kappa shape index (κ2) is 14.9. The van der Waals surface area contributed by atoms with E-state index in [9.17, 15) is 13.6 Å². The van der Waals surface area contributed by atoms with Gasteiger partial charge in [0.05, 0.1) is 30.3 Å². The summed E-state index contributed by atoms with van der Waals surface area (Å²) in [6, 6.07) is 6.51. The van der Waals surface area contributed by atoms with Gasteiger partial charge in [0.2, 0.25) is 6.41 Å². The van der Waals surface area contributed by atoms with Crippen LogP contribution >= 0.6 is 9.24 Å². The van der Waals surface area contributed by atoms with Crippen molar-refractivity contribution in [3.63, 3.8) is 0 Å². The van der Waals surface area contributed by atoms with Crippen molar-refractivity contribution in [3.05, 3.63) is 53.6 Å². The van der Waals surface area contributed by atoms with Gasteiger partial charge in [-0.15, -0.1) is 0 Å². The van der Waals surface area contributed by atoms with Gasteiger partial charge in [0.25, 0.3) is 5.66 Å². The van der Waals surface area contributed by atoms with Crippen molar-refractivity contribution < 1.29 is 23.1 Å². The van der Waals surface area contributed by atoms with Crippen LogP contribution in [0.15, 0.2) is 42.4 Å². The molecule has 0 bridgehead atoms. The van der Waals surface area contributed by atoms with Crippen LogP contribution in [0.2, 0.25) is 0 Å². The first-order valence-corrected chi connectivity index (χ1v) is 12.8. The summed E-state index contributed by atoms with van der Waals surface area (Å²) in [5.41, 5.74) is 10.1. The number of allylic oxidation sites excluding steroid dienone is 1. The molecule has 9 nitrogen and oxygen atoms in total. The van der Waals surface area contributed by atoms with Gasteiger partial charge in [-0.05, 0) is 42.2 Å². The molecule has 0 saturated carbocycles. The highest BCUT2D eigenvalue weighted by atomic mass is 31.0. The summed E-state index contributed by atoms with van der Waals surface area (Å²) in [4.78, 5) is 26.4. The van der Waals surface area contributed by atoms with Crippen LogP contribution < -0.4 is 27.2 Å². The van der Waals surface area contributed by atoms with Gasteiger partial charge in [-0.25, -0.2) is 5.84 Å². The average molecular weight is 567 g/mol. The molecule has 6 N–H and O–H groups in total. The number of alkyl halides is 2. The maximum Gasteiger partial charge on any atom is 0.283 e. The van der Waals surface area contributed by atoms with Gasteiger partial charge in [0.15, 0.2) is 5.78 Å². The van der Waals surface area contributed by atoms with Crippen molar-refractivity contribution in [2.24, 2.45) is 22.7 Å². The molecule has 216 valence electrons. The fourth-order valence-corrected chi connectivity index (χ4v) is 3.39. The first-order chi connectivity index (χ1) is 18.0. The third kappa shape index (κ3) is 12.1. The molecule has 2 aromatic rings. The minimum Gasteiger partial charge on any atom is -0.395 e. The highest BCUT2D eigenvalue weighted by Gasteiger charge is 2.27. The van der Waals surface area contributed by atoms with E-state index in [0.29, 0.717) is 59.9 Å². The molecule has 2 heterocycles. The number of halogens is 2. The minimum atomic E-state index is -3.09. The third-order valence-electron chi connectivity index (χ3n) is 5.04. The summed E-state index contributed by atoms with van der Waals surface area (Å²) in [6.45, 7) is 14.2. The molecule has 1 aliphatic heterocycles. The number of anilines is 2. The van der Waals surface area contributed by atoms with E-state index in [1.807, 2.05) is 11.0 Å². The number of pyridine rings is 1. The topological polar surface area (TPSA) is 141 Å². The number of primary amides is 1. The Labute approximate surface area is 231 Å².